The van der Waals surface area contributed by atoms with E-state index in [9.17, 15) is 8.42 Å². The minimum absolute atomic E-state index is 0.0325. The summed E-state index contributed by atoms with van der Waals surface area (Å²) in [6.07, 6.45) is 3.70. The maximum absolute atomic E-state index is 11.7. The first-order valence-electron chi connectivity index (χ1n) is 4.82. The van der Waals surface area contributed by atoms with E-state index >= 15 is 0 Å². The Bertz CT molecular complexity index is 439. The molecule has 0 fully saturated rings. The number of rotatable bonds is 6. The van der Waals surface area contributed by atoms with E-state index in [0.29, 0.717) is 6.42 Å². The van der Waals surface area contributed by atoms with Crippen molar-refractivity contribution in [2.24, 2.45) is 5.73 Å². The van der Waals surface area contributed by atoms with Gasteiger partial charge in [0, 0.05) is 0 Å². The molecule has 0 aliphatic heterocycles. The van der Waals surface area contributed by atoms with Gasteiger partial charge in [0.1, 0.15) is 5.84 Å². The third kappa shape index (κ3) is 3.04. The molecule has 0 aromatic carbocycles. The third-order valence-electron chi connectivity index (χ3n) is 2.01. The van der Waals surface area contributed by atoms with E-state index in [2.05, 4.69) is 14.7 Å². The number of sulfonamides is 1. The Hall–Kier alpha value is -1.41. The summed E-state index contributed by atoms with van der Waals surface area (Å²) in [5.74, 6) is -0.190. The lowest BCUT2D eigenvalue weighted by Crippen LogP contribution is -2.43. The minimum atomic E-state index is -3.67. The number of imidazole rings is 1. The Kier molecular flexibility index (Phi) is 4.02. The average Bonchev–Trinajstić information content (AvgIpc) is 2.69. The first-order valence-corrected chi connectivity index (χ1v) is 6.30. The van der Waals surface area contributed by atoms with E-state index < -0.39 is 16.1 Å². The second kappa shape index (κ2) is 5.08. The second-order valence-electron chi connectivity index (χ2n) is 3.33. The van der Waals surface area contributed by atoms with Crippen LogP contribution in [0.5, 0.6) is 0 Å². The number of aromatic amines is 1. The average molecular weight is 245 g/mol. The van der Waals surface area contributed by atoms with Gasteiger partial charge >= 0.3 is 0 Å². The van der Waals surface area contributed by atoms with Gasteiger partial charge in [0.15, 0.2) is 5.03 Å². The van der Waals surface area contributed by atoms with E-state index in [4.69, 9.17) is 11.1 Å². The number of amidine groups is 1. The Balaban J connectivity index is 2.82. The van der Waals surface area contributed by atoms with E-state index in [-0.39, 0.29) is 10.9 Å². The number of nitrogens with one attached hydrogen (secondary N) is 3. The van der Waals surface area contributed by atoms with Crippen molar-refractivity contribution >= 4 is 15.9 Å². The molecule has 1 aromatic rings. The molecule has 0 bridgehead atoms. The Morgan fingerprint density at radius 3 is 2.88 bits per heavy atom. The fraction of sp³-hybridized carbons (Fsp3) is 0.500. The van der Waals surface area contributed by atoms with E-state index in [1.807, 2.05) is 6.92 Å². The number of hydrogen-bond acceptors (Lipinski definition) is 4. The Labute approximate surface area is 94.0 Å². The first-order chi connectivity index (χ1) is 7.47. The van der Waals surface area contributed by atoms with Crippen LogP contribution >= 0.6 is 0 Å². The lowest BCUT2D eigenvalue weighted by Gasteiger charge is -2.15. The SMILES string of the molecule is CCCC(NS(=O)(=O)c1cnc[nH]1)C(=N)N. The summed E-state index contributed by atoms with van der Waals surface area (Å²) in [6.45, 7) is 1.89. The van der Waals surface area contributed by atoms with Gasteiger partial charge in [-0.2, -0.15) is 4.72 Å². The van der Waals surface area contributed by atoms with Gasteiger partial charge in [-0.25, -0.2) is 13.4 Å². The molecule has 0 amide bonds. The van der Waals surface area contributed by atoms with Crippen LogP contribution in [-0.2, 0) is 10.0 Å². The van der Waals surface area contributed by atoms with Gasteiger partial charge in [-0.15, -0.1) is 0 Å². The van der Waals surface area contributed by atoms with Gasteiger partial charge in [0.05, 0.1) is 18.6 Å². The van der Waals surface area contributed by atoms with E-state index in [0.717, 1.165) is 6.42 Å². The molecular weight excluding hydrogens is 230 g/mol. The molecule has 1 heterocycles. The molecule has 8 heteroatoms. The maximum Gasteiger partial charge on any atom is 0.258 e. The number of hydrogen-bond donors (Lipinski definition) is 4. The van der Waals surface area contributed by atoms with E-state index in [1.165, 1.54) is 12.5 Å². The van der Waals surface area contributed by atoms with Gasteiger partial charge < -0.3 is 10.7 Å². The van der Waals surface area contributed by atoms with Gasteiger partial charge in [-0.05, 0) is 6.42 Å². The molecule has 1 aromatic heterocycles. The van der Waals surface area contributed by atoms with Crippen LogP contribution in [0.3, 0.4) is 0 Å². The van der Waals surface area contributed by atoms with Crippen LogP contribution in [0.25, 0.3) is 0 Å². The van der Waals surface area contributed by atoms with Crippen molar-refractivity contribution in [2.75, 3.05) is 0 Å². The number of H-pyrrole nitrogens is 1. The minimum Gasteiger partial charge on any atom is -0.386 e. The lowest BCUT2D eigenvalue weighted by molar-refractivity contribution is 0.562. The number of nitrogens with two attached hydrogens (primary N) is 1. The smallest absolute Gasteiger partial charge is 0.258 e. The van der Waals surface area contributed by atoms with Gasteiger partial charge in [-0.1, -0.05) is 13.3 Å². The highest BCUT2D eigenvalue weighted by atomic mass is 32.2. The largest absolute Gasteiger partial charge is 0.386 e. The molecule has 5 N–H and O–H groups in total. The molecule has 0 spiro atoms. The molecule has 0 aliphatic carbocycles. The maximum atomic E-state index is 11.7. The molecule has 7 nitrogen and oxygen atoms in total. The zero-order valence-corrected chi connectivity index (χ0v) is 9.71. The fourth-order valence-corrected chi connectivity index (χ4v) is 2.36. The van der Waals surface area contributed by atoms with Crippen molar-refractivity contribution < 1.29 is 8.42 Å². The van der Waals surface area contributed by atoms with Gasteiger partial charge in [0.25, 0.3) is 10.0 Å². The summed E-state index contributed by atoms with van der Waals surface area (Å²) in [7, 11) is -3.67. The highest BCUT2D eigenvalue weighted by Crippen LogP contribution is 2.06. The van der Waals surface area contributed by atoms with Crippen LogP contribution in [-0.4, -0.2) is 30.3 Å². The molecule has 0 saturated heterocycles. The van der Waals surface area contributed by atoms with Crippen LogP contribution in [0, 0.1) is 5.41 Å². The Morgan fingerprint density at radius 1 is 1.75 bits per heavy atom. The zero-order chi connectivity index (χ0) is 12.2. The highest BCUT2D eigenvalue weighted by Gasteiger charge is 2.22. The molecule has 90 valence electrons. The summed E-state index contributed by atoms with van der Waals surface area (Å²) in [5.41, 5.74) is 5.31. The van der Waals surface area contributed by atoms with Gasteiger partial charge in [-0.3, -0.25) is 5.41 Å². The molecule has 0 saturated carbocycles. The van der Waals surface area contributed by atoms with Crippen LogP contribution < -0.4 is 10.5 Å². The fourth-order valence-electron chi connectivity index (χ4n) is 1.21. The molecule has 16 heavy (non-hydrogen) atoms. The summed E-state index contributed by atoms with van der Waals surface area (Å²) in [4.78, 5) is 6.12. The molecule has 1 rings (SSSR count). The van der Waals surface area contributed by atoms with E-state index in [1.54, 1.807) is 0 Å². The summed E-state index contributed by atoms with van der Waals surface area (Å²) in [5, 5.41) is 7.25. The van der Waals surface area contributed by atoms with Crippen molar-refractivity contribution in [1.29, 1.82) is 5.41 Å². The summed E-state index contributed by atoms with van der Waals surface area (Å²) < 4.78 is 25.8. The zero-order valence-electron chi connectivity index (χ0n) is 8.90. The predicted molar refractivity (Wildman–Crippen MR) is 59.5 cm³/mol. The van der Waals surface area contributed by atoms with Crippen LogP contribution in [0.2, 0.25) is 0 Å². The Morgan fingerprint density at radius 2 is 2.44 bits per heavy atom. The molecule has 1 atom stereocenters. The quantitative estimate of drug-likeness (QED) is 0.409. The van der Waals surface area contributed by atoms with Crippen molar-refractivity contribution in [3.63, 3.8) is 0 Å². The molecule has 0 aliphatic rings. The normalized spacial score (nSPS) is 13.6. The summed E-state index contributed by atoms with van der Waals surface area (Å²) in [6, 6.07) is -0.668. The van der Waals surface area contributed by atoms with Crippen molar-refractivity contribution in [3.05, 3.63) is 12.5 Å². The van der Waals surface area contributed by atoms with Crippen molar-refractivity contribution in [2.45, 2.75) is 30.8 Å². The van der Waals surface area contributed by atoms with Crippen LogP contribution in [0.1, 0.15) is 19.8 Å². The molecule has 0 radical (unpaired) electrons. The number of aromatic nitrogens is 2. The topological polar surface area (TPSA) is 125 Å². The van der Waals surface area contributed by atoms with Crippen LogP contribution in [0.4, 0.5) is 0 Å². The molecule has 1 unspecified atom stereocenters. The van der Waals surface area contributed by atoms with Crippen LogP contribution in [0.15, 0.2) is 17.6 Å². The number of nitrogens with zero attached hydrogens (tertiary/aromatic N) is 1. The highest BCUT2D eigenvalue weighted by molar-refractivity contribution is 7.89. The van der Waals surface area contributed by atoms with Gasteiger partial charge in [0.2, 0.25) is 0 Å². The third-order valence-corrected chi connectivity index (χ3v) is 3.41. The van der Waals surface area contributed by atoms with Crippen molar-refractivity contribution in [1.82, 2.24) is 14.7 Å². The second-order valence-corrected chi connectivity index (χ2v) is 5.02. The molecular formula is C8H15N5O2S. The van der Waals surface area contributed by atoms with Crippen molar-refractivity contribution in [3.8, 4) is 0 Å². The first kappa shape index (κ1) is 12.7. The lowest BCUT2D eigenvalue weighted by atomic mass is 10.2. The predicted octanol–water partition coefficient (Wildman–Crippen LogP) is -0.207. The summed E-state index contributed by atoms with van der Waals surface area (Å²) >= 11 is 0. The monoisotopic (exact) mass is 245 g/mol. The standard InChI is InChI=1S/C8H15N5O2S/c1-2-3-6(8(9)10)13-16(14,15)7-4-11-5-12-7/h4-6,13H,2-3H2,1H3,(H3,9,10)(H,11,12).